The molecule has 0 atom stereocenters. The fraction of sp³-hybridized carbons (Fsp3) is 0. The van der Waals surface area contributed by atoms with Crippen molar-refractivity contribution < 1.29 is 13.6 Å². The SMILES string of the molecule is NC(=O)C=Cc1c(N)cc(F)cc1F. The first kappa shape index (κ1) is 10.2. The fourth-order valence-electron chi connectivity index (χ4n) is 0.946. The van der Waals surface area contributed by atoms with Crippen molar-refractivity contribution in [3.8, 4) is 0 Å². The van der Waals surface area contributed by atoms with E-state index in [9.17, 15) is 13.6 Å². The van der Waals surface area contributed by atoms with Gasteiger partial charge in [-0.1, -0.05) is 0 Å². The van der Waals surface area contributed by atoms with E-state index >= 15 is 0 Å². The van der Waals surface area contributed by atoms with Gasteiger partial charge in [0.25, 0.3) is 0 Å². The zero-order valence-electron chi connectivity index (χ0n) is 7.13. The maximum atomic E-state index is 13.0. The Morgan fingerprint density at radius 3 is 2.50 bits per heavy atom. The Morgan fingerprint density at radius 1 is 1.36 bits per heavy atom. The summed E-state index contributed by atoms with van der Waals surface area (Å²) in [6.45, 7) is 0. The van der Waals surface area contributed by atoms with Gasteiger partial charge in [0, 0.05) is 23.4 Å². The zero-order valence-corrected chi connectivity index (χ0v) is 7.13. The Hall–Kier alpha value is -1.91. The lowest BCUT2D eigenvalue weighted by atomic mass is 10.1. The van der Waals surface area contributed by atoms with E-state index in [2.05, 4.69) is 0 Å². The Bertz CT molecular complexity index is 379. The van der Waals surface area contributed by atoms with Gasteiger partial charge in [0.2, 0.25) is 5.91 Å². The quantitative estimate of drug-likeness (QED) is 0.550. The molecule has 0 aromatic heterocycles. The third-order valence-corrected chi connectivity index (χ3v) is 1.54. The molecule has 0 unspecified atom stereocenters. The molecule has 3 nitrogen and oxygen atoms in total. The predicted octanol–water partition coefficient (Wildman–Crippen LogP) is 1.05. The molecular weight excluding hydrogens is 190 g/mol. The van der Waals surface area contributed by atoms with Crippen LogP contribution in [0.5, 0.6) is 0 Å². The normalized spacial score (nSPS) is 10.7. The third-order valence-electron chi connectivity index (χ3n) is 1.54. The van der Waals surface area contributed by atoms with Crippen molar-refractivity contribution in [3.05, 3.63) is 35.4 Å². The molecule has 74 valence electrons. The van der Waals surface area contributed by atoms with Crippen LogP contribution in [-0.4, -0.2) is 5.91 Å². The highest BCUT2D eigenvalue weighted by Crippen LogP contribution is 2.19. The average Bonchev–Trinajstić information content (AvgIpc) is 2.01. The van der Waals surface area contributed by atoms with Crippen LogP contribution in [0.2, 0.25) is 0 Å². The lowest BCUT2D eigenvalue weighted by Gasteiger charge is -2.01. The van der Waals surface area contributed by atoms with Gasteiger partial charge >= 0.3 is 0 Å². The van der Waals surface area contributed by atoms with Crippen molar-refractivity contribution in [1.82, 2.24) is 0 Å². The smallest absolute Gasteiger partial charge is 0.241 e. The Balaban J connectivity index is 3.15. The van der Waals surface area contributed by atoms with Crippen LogP contribution < -0.4 is 11.5 Å². The molecule has 0 spiro atoms. The van der Waals surface area contributed by atoms with Crippen molar-refractivity contribution in [2.24, 2.45) is 5.73 Å². The molecule has 1 aromatic carbocycles. The summed E-state index contributed by atoms with van der Waals surface area (Å²) in [4.78, 5) is 10.4. The number of carbonyl (C=O) groups is 1. The summed E-state index contributed by atoms with van der Waals surface area (Å²) in [6, 6.07) is 1.64. The number of hydrogen-bond donors (Lipinski definition) is 2. The van der Waals surface area contributed by atoms with Gasteiger partial charge < -0.3 is 11.5 Å². The summed E-state index contributed by atoms with van der Waals surface area (Å²) in [7, 11) is 0. The lowest BCUT2D eigenvalue weighted by molar-refractivity contribution is -0.113. The highest BCUT2D eigenvalue weighted by molar-refractivity contribution is 5.91. The topological polar surface area (TPSA) is 69.1 Å². The van der Waals surface area contributed by atoms with Gasteiger partial charge in [-0.2, -0.15) is 0 Å². The highest BCUT2D eigenvalue weighted by Gasteiger charge is 2.05. The zero-order chi connectivity index (χ0) is 10.7. The maximum absolute atomic E-state index is 13.0. The fourth-order valence-corrected chi connectivity index (χ4v) is 0.946. The van der Waals surface area contributed by atoms with Crippen molar-refractivity contribution in [2.45, 2.75) is 0 Å². The summed E-state index contributed by atoms with van der Waals surface area (Å²) < 4.78 is 25.6. The summed E-state index contributed by atoms with van der Waals surface area (Å²) in [5, 5.41) is 0. The Morgan fingerprint density at radius 2 is 2.00 bits per heavy atom. The number of anilines is 1. The molecular formula is C9H8F2N2O. The van der Waals surface area contributed by atoms with Crippen molar-refractivity contribution in [3.63, 3.8) is 0 Å². The van der Waals surface area contributed by atoms with Gasteiger partial charge in [0.1, 0.15) is 11.6 Å². The van der Waals surface area contributed by atoms with E-state index < -0.39 is 17.5 Å². The molecule has 1 rings (SSSR count). The van der Waals surface area contributed by atoms with Crippen LogP contribution in [-0.2, 0) is 4.79 Å². The van der Waals surface area contributed by atoms with Gasteiger partial charge in [-0.3, -0.25) is 4.79 Å². The second kappa shape index (κ2) is 3.87. The lowest BCUT2D eigenvalue weighted by Crippen LogP contribution is -2.05. The third kappa shape index (κ3) is 2.29. The predicted molar refractivity (Wildman–Crippen MR) is 49.0 cm³/mol. The van der Waals surface area contributed by atoms with Crippen molar-refractivity contribution in [2.75, 3.05) is 5.73 Å². The van der Waals surface area contributed by atoms with E-state index in [4.69, 9.17) is 11.5 Å². The molecule has 4 N–H and O–H groups in total. The minimum Gasteiger partial charge on any atom is -0.398 e. The van der Waals surface area contributed by atoms with Crippen molar-refractivity contribution in [1.29, 1.82) is 0 Å². The van der Waals surface area contributed by atoms with Crippen LogP contribution in [0.15, 0.2) is 18.2 Å². The first-order valence-electron chi connectivity index (χ1n) is 3.72. The largest absolute Gasteiger partial charge is 0.398 e. The van der Waals surface area contributed by atoms with Crippen LogP contribution in [0.25, 0.3) is 6.08 Å². The molecule has 0 aliphatic carbocycles. The van der Waals surface area contributed by atoms with E-state index in [0.717, 1.165) is 18.2 Å². The molecule has 0 saturated carbocycles. The first-order valence-corrected chi connectivity index (χ1v) is 3.72. The number of amides is 1. The standard InChI is InChI=1S/C9H8F2N2O/c10-5-3-7(11)6(8(12)4-5)1-2-9(13)14/h1-4H,12H2,(H2,13,14). The number of rotatable bonds is 2. The molecule has 14 heavy (non-hydrogen) atoms. The summed E-state index contributed by atoms with van der Waals surface area (Å²) in [5.74, 6) is -2.33. The van der Waals surface area contributed by atoms with Gasteiger partial charge in [-0.15, -0.1) is 0 Å². The molecule has 0 saturated heterocycles. The molecule has 0 radical (unpaired) electrons. The monoisotopic (exact) mass is 198 g/mol. The number of nitrogens with two attached hydrogens (primary N) is 2. The minimum atomic E-state index is -0.833. The van der Waals surface area contributed by atoms with Crippen molar-refractivity contribution >= 4 is 17.7 Å². The minimum absolute atomic E-state index is 0.0507. The van der Waals surface area contributed by atoms with Crippen LogP contribution in [0.1, 0.15) is 5.56 Å². The number of nitrogen functional groups attached to an aromatic ring is 1. The molecule has 0 heterocycles. The molecule has 1 aromatic rings. The Kier molecular flexibility index (Phi) is 2.81. The van der Waals surface area contributed by atoms with Crippen LogP contribution >= 0.6 is 0 Å². The van der Waals surface area contributed by atoms with E-state index in [0.29, 0.717) is 6.07 Å². The van der Waals surface area contributed by atoms with Gasteiger partial charge in [-0.25, -0.2) is 8.78 Å². The molecule has 0 bridgehead atoms. The second-order valence-electron chi connectivity index (χ2n) is 2.63. The van der Waals surface area contributed by atoms with E-state index in [-0.39, 0.29) is 11.3 Å². The van der Waals surface area contributed by atoms with E-state index in [1.807, 2.05) is 0 Å². The van der Waals surface area contributed by atoms with E-state index in [1.165, 1.54) is 0 Å². The van der Waals surface area contributed by atoms with Crippen LogP contribution in [0.3, 0.4) is 0 Å². The van der Waals surface area contributed by atoms with Gasteiger partial charge in [-0.05, 0) is 12.1 Å². The van der Waals surface area contributed by atoms with E-state index in [1.54, 1.807) is 0 Å². The number of benzene rings is 1. The summed E-state index contributed by atoms with van der Waals surface area (Å²) in [5.41, 5.74) is 10.00. The highest BCUT2D eigenvalue weighted by atomic mass is 19.1. The van der Waals surface area contributed by atoms with Gasteiger partial charge in [0.15, 0.2) is 0 Å². The average molecular weight is 198 g/mol. The molecule has 0 fully saturated rings. The van der Waals surface area contributed by atoms with Crippen LogP contribution in [0, 0.1) is 11.6 Å². The number of halogens is 2. The van der Waals surface area contributed by atoms with Gasteiger partial charge in [0.05, 0.1) is 0 Å². The molecule has 5 heteroatoms. The maximum Gasteiger partial charge on any atom is 0.241 e. The molecule has 1 amide bonds. The number of carbonyl (C=O) groups excluding carboxylic acids is 1. The summed E-state index contributed by atoms with van der Waals surface area (Å²) in [6.07, 6.45) is 2.05. The summed E-state index contributed by atoms with van der Waals surface area (Å²) >= 11 is 0. The molecule has 0 aliphatic heterocycles. The van der Waals surface area contributed by atoms with Crippen LogP contribution in [0.4, 0.5) is 14.5 Å². The number of primary amides is 1. The molecule has 0 aliphatic rings. The number of hydrogen-bond acceptors (Lipinski definition) is 2. The first-order chi connectivity index (χ1) is 6.50. The Labute approximate surface area is 79.0 Å². The second-order valence-corrected chi connectivity index (χ2v) is 2.63.